The molecule has 1 saturated heterocycles. The lowest BCUT2D eigenvalue weighted by Crippen LogP contribution is -2.58. The summed E-state index contributed by atoms with van der Waals surface area (Å²) in [6, 6.07) is 7.20. The highest BCUT2D eigenvalue weighted by Gasteiger charge is 2.36. The lowest BCUT2D eigenvalue weighted by molar-refractivity contribution is -0.127. The molecule has 154 valence electrons. The van der Waals surface area contributed by atoms with Crippen molar-refractivity contribution >= 4 is 22.6 Å². The van der Waals surface area contributed by atoms with Gasteiger partial charge in [0.05, 0.1) is 23.5 Å². The first-order valence-corrected chi connectivity index (χ1v) is 10.6. The summed E-state index contributed by atoms with van der Waals surface area (Å²) in [7, 11) is 1.60. The molecule has 2 unspecified atom stereocenters. The Balaban J connectivity index is 1.51. The zero-order valence-electron chi connectivity index (χ0n) is 16.8. The highest BCUT2D eigenvalue weighted by molar-refractivity contribution is 5.88. The molecule has 7 heteroatoms. The number of nitrogens with one attached hydrogen (secondary N) is 2. The van der Waals surface area contributed by atoms with Crippen molar-refractivity contribution in [2.45, 2.75) is 63.5 Å². The van der Waals surface area contributed by atoms with E-state index in [2.05, 4.69) is 15.7 Å². The van der Waals surface area contributed by atoms with E-state index in [1.165, 1.54) is 23.9 Å². The zero-order chi connectivity index (χ0) is 20.4. The molecule has 2 fully saturated rings. The van der Waals surface area contributed by atoms with Crippen LogP contribution in [0.15, 0.2) is 29.1 Å². The molecule has 2 atom stereocenters. The molecule has 1 aliphatic heterocycles. The number of amides is 2. The molecular formula is C22H28N4O3. The van der Waals surface area contributed by atoms with Gasteiger partial charge in [-0.25, -0.2) is 4.68 Å². The molecule has 29 heavy (non-hydrogen) atoms. The standard InChI is InChI=1S/C22H28N4O3/c1-26-22(29)16-10-6-5-9-15(16)18(25-26)13-20(28)23-17-11-12-19(27)24-21(17)14-7-3-2-4-8-14/h5-6,9-10,14,17,21H,2-4,7-8,11-13H2,1H3,(H,23,28)(H,24,27). The minimum atomic E-state index is -0.169. The first-order chi connectivity index (χ1) is 14.0. The third-order valence-corrected chi connectivity index (χ3v) is 6.31. The molecule has 1 aromatic heterocycles. The monoisotopic (exact) mass is 396 g/mol. The number of hydrogen-bond acceptors (Lipinski definition) is 4. The maximum absolute atomic E-state index is 12.9. The molecule has 0 bridgehead atoms. The van der Waals surface area contributed by atoms with Crippen molar-refractivity contribution in [2.75, 3.05) is 0 Å². The fraction of sp³-hybridized carbons (Fsp3) is 0.545. The van der Waals surface area contributed by atoms with Crippen LogP contribution >= 0.6 is 0 Å². The molecule has 1 saturated carbocycles. The SMILES string of the molecule is Cn1nc(CC(=O)NC2CCC(=O)NC2C2CCCCC2)c2ccccc2c1=O. The highest BCUT2D eigenvalue weighted by atomic mass is 16.2. The number of carbonyl (C=O) groups is 2. The number of aryl methyl sites for hydroxylation is 1. The van der Waals surface area contributed by atoms with Gasteiger partial charge in [-0.15, -0.1) is 0 Å². The highest BCUT2D eigenvalue weighted by Crippen LogP contribution is 2.30. The van der Waals surface area contributed by atoms with Gasteiger partial charge in [-0.2, -0.15) is 5.10 Å². The largest absolute Gasteiger partial charge is 0.351 e. The van der Waals surface area contributed by atoms with E-state index in [-0.39, 0.29) is 35.9 Å². The fourth-order valence-corrected chi connectivity index (χ4v) is 4.84. The first-order valence-electron chi connectivity index (χ1n) is 10.6. The third-order valence-electron chi connectivity index (χ3n) is 6.31. The van der Waals surface area contributed by atoms with Crippen molar-refractivity contribution in [3.8, 4) is 0 Å². The molecule has 1 aromatic carbocycles. The van der Waals surface area contributed by atoms with Crippen molar-refractivity contribution < 1.29 is 9.59 Å². The second-order valence-electron chi connectivity index (χ2n) is 8.30. The van der Waals surface area contributed by atoms with Gasteiger partial charge < -0.3 is 10.6 Å². The minimum Gasteiger partial charge on any atom is -0.351 e. The molecule has 2 aromatic rings. The Labute approximate surface area is 169 Å². The lowest BCUT2D eigenvalue weighted by atomic mass is 9.78. The molecule has 1 aliphatic carbocycles. The molecular weight excluding hydrogens is 368 g/mol. The van der Waals surface area contributed by atoms with Crippen LogP contribution in [-0.4, -0.2) is 33.7 Å². The van der Waals surface area contributed by atoms with Crippen LogP contribution in [-0.2, 0) is 23.1 Å². The number of rotatable bonds is 4. The van der Waals surface area contributed by atoms with Gasteiger partial charge in [-0.05, 0) is 31.2 Å². The predicted octanol–water partition coefficient (Wildman–Crippen LogP) is 1.82. The van der Waals surface area contributed by atoms with Gasteiger partial charge in [-0.3, -0.25) is 14.4 Å². The second kappa shape index (κ2) is 8.35. The molecule has 2 heterocycles. The number of benzene rings is 1. The smallest absolute Gasteiger partial charge is 0.274 e. The zero-order valence-corrected chi connectivity index (χ0v) is 16.8. The van der Waals surface area contributed by atoms with E-state index in [4.69, 9.17) is 0 Å². The molecule has 2 amide bonds. The average Bonchev–Trinajstić information content (AvgIpc) is 2.74. The Morgan fingerprint density at radius 2 is 1.86 bits per heavy atom. The topological polar surface area (TPSA) is 93.1 Å². The van der Waals surface area contributed by atoms with Gasteiger partial charge >= 0.3 is 0 Å². The van der Waals surface area contributed by atoms with Gasteiger partial charge in [0.25, 0.3) is 5.56 Å². The summed E-state index contributed by atoms with van der Waals surface area (Å²) in [5.41, 5.74) is 0.423. The minimum absolute atomic E-state index is 0.00494. The number of hydrogen-bond donors (Lipinski definition) is 2. The van der Waals surface area contributed by atoms with Crippen LogP contribution in [0.3, 0.4) is 0 Å². The van der Waals surface area contributed by atoms with Crippen LogP contribution in [0.25, 0.3) is 10.8 Å². The molecule has 2 N–H and O–H groups in total. The van der Waals surface area contributed by atoms with E-state index < -0.39 is 0 Å². The lowest BCUT2D eigenvalue weighted by Gasteiger charge is -2.39. The summed E-state index contributed by atoms with van der Waals surface area (Å²) in [6.07, 6.45) is 7.04. The Morgan fingerprint density at radius 1 is 1.14 bits per heavy atom. The number of carbonyl (C=O) groups excluding carboxylic acids is 2. The van der Waals surface area contributed by atoms with E-state index in [0.717, 1.165) is 12.8 Å². The number of fused-ring (bicyclic) bond motifs is 1. The maximum atomic E-state index is 12.9. The quantitative estimate of drug-likeness (QED) is 0.824. The fourth-order valence-electron chi connectivity index (χ4n) is 4.84. The maximum Gasteiger partial charge on any atom is 0.274 e. The Bertz CT molecular complexity index is 978. The Kier molecular flexibility index (Phi) is 5.65. The molecule has 4 rings (SSSR count). The van der Waals surface area contributed by atoms with Crippen LogP contribution < -0.4 is 16.2 Å². The first kappa shape index (κ1) is 19.6. The average molecular weight is 396 g/mol. The van der Waals surface area contributed by atoms with Gasteiger partial charge in [0.2, 0.25) is 11.8 Å². The van der Waals surface area contributed by atoms with Crippen molar-refractivity contribution in [3.63, 3.8) is 0 Å². The van der Waals surface area contributed by atoms with Crippen molar-refractivity contribution in [2.24, 2.45) is 13.0 Å². The van der Waals surface area contributed by atoms with Gasteiger partial charge in [0.1, 0.15) is 0 Å². The predicted molar refractivity (Wildman–Crippen MR) is 110 cm³/mol. The second-order valence-corrected chi connectivity index (χ2v) is 8.30. The third kappa shape index (κ3) is 4.18. The summed E-state index contributed by atoms with van der Waals surface area (Å²) >= 11 is 0. The number of piperidine rings is 1. The van der Waals surface area contributed by atoms with E-state index >= 15 is 0 Å². The summed E-state index contributed by atoms with van der Waals surface area (Å²) in [5, 5.41) is 11.9. The molecule has 2 aliphatic rings. The Morgan fingerprint density at radius 3 is 2.62 bits per heavy atom. The van der Waals surface area contributed by atoms with Gasteiger partial charge in [0, 0.05) is 24.9 Å². The number of aromatic nitrogens is 2. The van der Waals surface area contributed by atoms with E-state index in [1.54, 1.807) is 13.1 Å². The summed E-state index contributed by atoms with van der Waals surface area (Å²) < 4.78 is 1.29. The van der Waals surface area contributed by atoms with E-state index in [1.807, 2.05) is 18.2 Å². The van der Waals surface area contributed by atoms with Gasteiger partial charge in [0.15, 0.2) is 0 Å². The van der Waals surface area contributed by atoms with E-state index in [9.17, 15) is 14.4 Å². The summed E-state index contributed by atoms with van der Waals surface area (Å²) in [4.78, 5) is 37.2. The van der Waals surface area contributed by atoms with E-state index in [0.29, 0.717) is 35.2 Å². The van der Waals surface area contributed by atoms with Crippen LogP contribution in [0.1, 0.15) is 50.6 Å². The van der Waals surface area contributed by atoms with Crippen molar-refractivity contribution in [1.82, 2.24) is 20.4 Å². The summed E-state index contributed by atoms with van der Waals surface area (Å²) in [6.45, 7) is 0. The van der Waals surface area contributed by atoms with Crippen LogP contribution in [0.2, 0.25) is 0 Å². The number of nitrogens with zero attached hydrogens (tertiary/aromatic N) is 2. The summed E-state index contributed by atoms with van der Waals surface area (Å²) in [5.74, 6) is 0.384. The van der Waals surface area contributed by atoms with Crippen molar-refractivity contribution in [1.29, 1.82) is 0 Å². The van der Waals surface area contributed by atoms with Crippen LogP contribution in [0, 0.1) is 5.92 Å². The normalized spacial score (nSPS) is 23.0. The molecule has 7 nitrogen and oxygen atoms in total. The molecule has 0 spiro atoms. The Hall–Kier alpha value is -2.70. The van der Waals surface area contributed by atoms with Crippen molar-refractivity contribution in [3.05, 3.63) is 40.3 Å². The van der Waals surface area contributed by atoms with Crippen LogP contribution in [0.5, 0.6) is 0 Å². The molecule has 0 radical (unpaired) electrons. The van der Waals surface area contributed by atoms with Crippen LogP contribution in [0.4, 0.5) is 0 Å². The van der Waals surface area contributed by atoms with Gasteiger partial charge in [-0.1, -0.05) is 37.5 Å².